The molecule has 2 rings (SSSR count). The van der Waals surface area contributed by atoms with Crippen LogP contribution >= 0.6 is 0 Å². The molecule has 0 spiro atoms. The highest BCUT2D eigenvalue weighted by Crippen LogP contribution is 2.11. The molecule has 0 atom stereocenters. The van der Waals surface area contributed by atoms with E-state index in [4.69, 9.17) is 0 Å². The molecule has 0 fully saturated rings. The molecule has 24 heavy (non-hydrogen) atoms. The first-order valence-corrected chi connectivity index (χ1v) is 9.09. The number of aromatic nitrogens is 1. The van der Waals surface area contributed by atoms with Crippen LogP contribution in [0.15, 0.2) is 48.8 Å². The van der Waals surface area contributed by atoms with E-state index < -0.39 is 15.8 Å². The SMILES string of the molecule is CS(=O)(=O)N(CCC(=O)Nc1ccc(F)cc1)Cc1ccncc1. The van der Waals surface area contributed by atoms with Gasteiger partial charge in [0.25, 0.3) is 0 Å². The Morgan fingerprint density at radius 3 is 2.38 bits per heavy atom. The molecule has 2 aromatic rings. The monoisotopic (exact) mass is 351 g/mol. The van der Waals surface area contributed by atoms with Crippen molar-refractivity contribution >= 4 is 21.6 Å². The van der Waals surface area contributed by atoms with E-state index >= 15 is 0 Å². The van der Waals surface area contributed by atoms with E-state index in [9.17, 15) is 17.6 Å². The van der Waals surface area contributed by atoms with E-state index in [2.05, 4.69) is 10.3 Å². The van der Waals surface area contributed by atoms with Gasteiger partial charge in [0.15, 0.2) is 0 Å². The number of pyridine rings is 1. The molecule has 1 aromatic carbocycles. The van der Waals surface area contributed by atoms with Gasteiger partial charge in [-0.2, -0.15) is 4.31 Å². The minimum atomic E-state index is -3.45. The molecule has 0 aliphatic carbocycles. The summed E-state index contributed by atoms with van der Waals surface area (Å²) in [7, 11) is -3.45. The number of hydrogen-bond acceptors (Lipinski definition) is 4. The Hall–Kier alpha value is -2.32. The van der Waals surface area contributed by atoms with Crippen molar-refractivity contribution in [2.24, 2.45) is 0 Å². The first kappa shape index (κ1) is 18.0. The zero-order valence-electron chi connectivity index (χ0n) is 13.1. The van der Waals surface area contributed by atoms with E-state index in [1.165, 1.54) is 28.6 Å². The van der Waals surface area contributed by atoms with Crippen molar-refractivity contribution in [2.45, 2.75) is 13.0 Å². The molecule has 0 aliphatic heterocycles. The fourth-order valence-electron chi connectivity index (χ4n) is 2.04. The maximum Gasteiger partial charge on any atom is 0.225 e. The number of halogens is 1. The first-order valence-electron chi connectivity index (χ1n) is 7.24. The predicted molar refractivity (Wildman–Crippen MR) is 89.1 cm³/mol. The van der Waals surface area contributed by atoms with Gasteiger partial charge in [0.1, 0.15) is 5.82 Å². The van der Waals surface area contributed by atoms with E-state index in [-0.39, 0.29) is 25.4 Å². The van der Waals surface area contributed by atoms with E-state index in [0.717, 1.165) is 11.8 Å². The van der Waals surface area contributed by atoms with Crippen molar-refractivity contribution in [1.29, 1.82) is 0 Å². The van der Waals surface area contributed by atoms with Gasteiger partial charge < -0.3 is 5.32 Å². The van der Waals surface area contributed by atoms with Gasteiger partial charge in [-0.25, -0.2) is 12.8 Å². The second-order valence-electron chi connectivity index (χ2n) is 5.26. The summed E-state index contributed by atoms with van der Waals surface area (Å²) in [6.45, 7) is 0.222. The van der Waals surface area contributed by atoms with Crippen LogP contribution in [0.25, 0.3) is 0 Å². The summed E-state index contributed by atoms with van der Waals surface area (Å²) in [4.78, 5) is 15.8. The highest BCUT2D eigenvalue weighted by atomic mass is 32.2. The summed E-state index contributed by atoms with van der Waals surface area (Å²) in [5.41, 5.74) is 1.25. The van der Waals surface area contributed by atoms with Gasteiger partial charge in [-0.05, 0) is 42.0 Å². The third kappa shape index (κ3) is 5.71. The lowest BCUT2D eigenvalue weighted by Gasteiger charge is -2.19. The van der Waals surface area contributed by atoms with Gasteiger partial charge in [0.05, 0.1) is 6.26 Å². The van der Waals surface area contributed by atoms with E-state index in [0.29, 0.717) is 5.69 Å². The fourth-order valence-corrected chi connectivity index (χ4v) is 2.84. The van der Waals surface area contributed by atoms with Crippen LogP contribution in [0.5, 0.6) is 0 Å². The molecule has 0 saturated carbocycles. The topological polar surface area (TPSA) is 79.4 Å². The van der Waals surface area contributed by atoms with Crippen molar-refractivity contribution in [3.8, 4) is 0 Å². The molecule has 0 saturated heterocycles. The van der Waals surface area contributed by atoms with Gasteiger partial charge >= 0.3 is 0 Å². The molecule has 1 heterocycles. The normalized spacial score (nSPS) is 11.5. The Kier molecular flexibility index (Phi) is 5.99. The minimum absolute atomic E-state index is 0.00443. The Labute approximate surface area is 140 Å². The number of nitrogens with one attached hydrogen (secondary N) is 1. The van der Waals surface area contributed by atoms with Crippen molar-refractivity contribution < 1.29 is 17.6 Å². The smallest absolute Gasteiger partial charge is 0.225 e. The van der Waals surface area contributed by atoms with Gasteiger partial charge in [-0.3, -0.25) is 9.78 Å². The number of carbonyl (C=O) groups is 1. The summed E-state index contributed by atoms with van der Waals surface area (Å²) >= 11 is 0. The molecular weight excluding hydrogens is 333 g/mol. The highest BCUT2D eigenvalue weighted by Gasteiger charge is 2.18. The lowest BCUT2D eigenvalue weighted by Crippen LogP contribution is -2.32. The number of sulfonamides is 1. The Bertz CT molecular complexity index is 780. The summed E-state index contributed by atoms with van der Waals surface area (Å²) in [6, 6.07) is 8.80. The van der Waals surface area contributed by atoms with Gasteiger partial charge in [-0.1, -0.05) is 0 Å². The molecule has 8 heteroatoms. The van der Waals surface area contributed by atoms with Crippen LogP contribution < -0.4 is 5.32 Å². The van der Waals surface area contributed by atoms with Crippen LogP contribution in [0.4, 0.5) is 10.1 Å². The molecule has 128 valence electrons. The zero-order valence-corrected chi connectivity index (χ0v) is 14.0. The van der Waals surface area contributed by atoms with Crippen LogP contribution in [0, 0.1) is 5.82 Å². The number of hydrogen-bond donors (Lipinski definition) is 1. The third-order valence-corrected chi connectivity index (χ3v) is 4.54. The summed E-state index contributed by atoms with van der Waals surface area (Å²) in [5, 5.41) is 2.60. The Morgan fingerprint density at radius 1 is 1.17 bits per heavy atom. The number of nitrogens with zero attached hydrogens (tertiary/aromatic N) is 2. The Morgan fingerprint density at radius 2 is 1.79 bits per heavy atom. The maximum absolute atomic E-state index is 12.8. The molecule has 0 unspecified atom stereocenters. The second kappa shape index (κ2) is 7.98. The van der Waals surface area contributed by atoms with Crippen LogP contribution in [0.2, 0.25) is 0 Å². The number of amides is 1. The lowest BCUT2D eigenvalue weighted by molar-refractivity contribution is -0.116. The summed E-state index contributed by atoms with van der Waals surface area (Å²) in [5.74, 6) is -0.737. The van der Waals surface area contributed by atoms with Crippen LogP contribution in [-0.2, 0) is 21.4 Å². The second-order valence-corrected chi connectivity index (χ2v) is 7.24. The molecule has 0 bridgehead atoms. The molecule has 0 aliphatic rings. The Balaban J connectivity index is 1.95. The van der Waals surface area contributed by atoms with E-state index in [1.807, 2.05) is 0 Å². The van der Waals surface area contributed by atoms with Gasteiger partial charge in [-0.15, -0.1) is 0 Å². The number of rotatable bonds is 7. The number of benzene rings is 1. The predicted octanol–water partition coefficient (Wildman–Crippen LogP) is 2.01. The highest BCUT2D eigenvalue weighted by molar-refractivity contribution is 7.88. The fraction of sp³-hybridized carbons (Fsp3) is 0.250. The average molecular weight is 351 g/mol. The molecule has 1 amide bonds. The largest absolute Gasteiger partial charge is 0.326 e. The molecule has 1 aromatic heterocycles. The maximum atomic E-state index is 12.8. The van der Waals surface area contributed by atoms with Crippen LogP contribution in [0.3, 0.4) is 0 Å². The molecule has 0 radical (unpaired) electrons. The van der Waals surface area contributed by atoms with Crippen molar-refractivity contribution in [1.82, 2.24) is 9.29 Å². The minimum Gasteiger partial charge on any atom is -0.326 e. The van der Waals surface area contributed by atoms with Crippen LogP contribution in [0.1, 0.15) is 12.0 Å². The van der Waals surface area contributed by atoms with Gasteiger partial charge in [0, 0.05) is 37.6 Å². The van der Waals surface area contributed by atoms with E-state index in [1.54, 1.807) is 24.5 Å². The van der Waals surface area contributed by atoms with Crippen molar-refractivity contribution in [3.05, 3.63) is 60.2 Å². The zero-order chi connectivity index (χ0) is 17.6. The van der Waals surface area contributed by atoms with Crippen molar-refractivity contribution in [2.75, 3.05) is 18.1 Å². The molecular formula is C16H18FN3O3S. The number of anilines is 1. The third-order valence-electron chi connectivity index (χ3n) is 3.29. The lowest BCUT2D eigenvalue weighted by atomic mass is 10.2. The summed E-state index contributed by atoms with van der Waals surface area (Å²) < 4.78 is 37.8. The molecule has 1 N–H and O–H groups in total. The first-order chi connectivity index (χ1) is 11.3. The molecule has 6 nitrogen and oxygen atoms in total. The number of carbonyl (C=O) groups excluding carboxylic acids is 1. The van der Waals surface area contributed by atoms with Crippen molar-refractivity contribution in [3.63, 3.8) is 0 Å². The quantitative estimate of drug-likeness (QED) is 0.828. The van der Waals surface area contributed by atoms with Gasteiger partial charge in [0.2, 0.25) is 15.9 Å². The average Bonchev–Trinajstić information content (AvgIpc) is 2.53. The van der Waals surface area contributed by atoms with Crippen LogP contribution in [-0.4, -0.2) is 36.4 Å². The summed E-state index contributed by atoms with van der Waals surface area (Å²) in [6.07, 6.45) is 4.26. The standard InChI is InChI=1S/C16H18FN3O3S/c1-24(22,23)20(12-13-6-9-18-10-7-13)11-8-16(21)19-15-4-2-14(17)3-5-15/h2-7,9-10H,8,11-12H2,1H3,(H,19,21).